The van der Waals surface area contributed by atoms with Crippen molar-refractivity contribution < 1.29 is 0 Å². The molecule has 5 heteroatoms. The van der Waals surface area contributed by atoms with E-state index >= 15 is 0 Å². The fraction of sp³-hybridized carbons (Fsp3) is 0.200. The summed E-state index contributed by atoms with van der Waals surface area (Å²) in [7, 11) is 4.13. The molecule has 4 nitrogen and oxygen atoms in total. The summed E-state index contributed by atoms with van der Waals surface area (Å²) in [5, 5.41) is 10.6. The van der Waals surface area contributed by atoms with Gasteiger partial charge in [0.2, 0.25) is 0 Å². The van der Waals surface area contributed by atoms with Crippen LogP contribution in [0.5, 0.6) is 0 Å². The van der Waals surface area contributed by atoms with Crippen LogP contribution < -0.4 is 0 Å². The van der Waals surface area contributed by atoms with Gasteiger partial charge in [-0.3, -0.25) is 4.40 Å². The fourth-order valence-corrected chi connectivity index (χ4v) is 3.46. The molecular formula is C20H19ClN4. The third-order valence-corrected chi connectivity index (χ3v) is 4.73. The minimum absolute atomic E-state index is 0.751. The fourth-order valence-electron chi connectivity index (χ4n) is 3.19. The maximum atomic E-state index is 6.56. The second kappa shape index (κ2) is 6.47. The molecule has 0 aliphatic rings. The zero-order chi connectivity index (χ0) is 17.4. The van der Waals surface area contributed by atoms with Gasteiger partial charge < -0.3 is 4.90 Å². The third-order valence-electron chi connectivity index (χ3n) is 4.41. The van der Waals surface area contributed by atoms with Crippen molar-refractivity contribution in [2.75, 3.05) is 20.6 Å². The molecule has 0 saturated heterocycles. The van der Waals surface area contributed by atoms with Crippen LogP contribution in [0.2, 0.25) is 5.02 Å². The number of hydrogen-bond donors (Lipinski definition) is 0. The Bertz CT molecular complexity index is 1040. The van der Waals surface area contributed by atoms with Crippen molar-refractivity contribution in [2.45, 2.75) is 6.42 Å². The first-order chi connectivity index (χ1) is 12.1. The van der Waals surface area contributed by atoms with Crippen LogP contribution in [0.25, 0.3) is 27.7 Å². The van der Waals surface area contributed by atoms with E-state index < -0.39 is 0 Å². The van der Waals surface area contributed by atoms with Gasteiger partial charge in [0.1, 0.15) is 5.82 Å². The molecule has 0 fully saturated rings. The Morgan fingerprint density at radius 1 is 0.960 bits per heavy atom. The predicted molar refractivity (Wildman–Crippen MR) is 103 cm³/mol. The van der Waals surface area contributed by atoms with E-state index in [1.54, 1.807) is 0 Å². The van der Waals surface area contributed by atoms with Gasteiger partial charge in [-0.1, -0.05) is 41.9 Å². The lowest BCUT2D eigenvalue weighted by atomic mass is 10.0. The van der Waals surface area contributed by atoms with Gasteiger partial charge in [0.25, 0.3) is 0 Å². The molecule has 0 radical (unpaired) electrons. The maximum absolute atomic E-state index is 6.56. The Hall–Kier alpha value is -2.43. The van der Waals surface area contributed by atoms with Crippen LogP contribution in [0.4, 0.5) is 0 Å². The molecule has 126 valence electrons. The first-order valence-electron chi connectivity index (χ1n) is 8.30. The summed E-state index contributed by atoms with van der Waals surface area (Å²) in [6, 6.07) is 18.4. The third kappa shape index (κ3) is 2.88. The molecule has 0 aliphatic carbocycles. The monoisotopic (exact) mass is 350 g/mol. The van der Waals surface area contributed by atoms with Crippen LogP contribution >= 0.6 is 11.6 Å². The van der Waals surface area contributed by atoms with E-state index in [0.717, 1.165) is 51.5 Å². The maximum Gasteiger partial charge on any atom is 0.161 e. The van der Waals surface area contributed by atoms with Crippen molar-refractivity contribution >= 4 is 28.2 Å². The Kier molecular flexibility index (Phi) is 4.15. The molecule has 4 aromatic rings. The van der Waals surface area contributed by atoms with Gasteiger partial charge in [-0.05, 0) is 43.9 Å². The number of benzene rings is 2. The van der Waals surface area contributed by atoms with E-state index in [1.165, 1.54) is 0 Å². The summed E-state index contributed by atoms with van der Waals surface area (Å²) in [6.45, 7) is 0.927. The van der Waals surface area contributed by atoms with E-state index in [1.807, 2.05) is 30.3 Å². The minimum Gasteiger partial charge on any atom is -0.309 e. The molecule has 0 aliphatic heterocycles. The lowest BCUT2D eigenvalue weighted by Gasteiger charge is -2.12. The summed E-state index contributed by atoms with van der Waals surface area (Å²) >= 11 is 6.56. The first-order valence-corrected chi connectivity index (χ1v) is 8.68. The topological polar surface area (TPSA) is 33.4 Å². The zero-order valence-electron chi connectivity index (χ0n) is 14.3. The summed E-state index contributed by atoms with van der Waals surface area (Å²) in [4.78, 5) is 2.15. The van der Waals surface area contributed by atoms with E-state index in [0.29, 0.717) is 0 Å². The van der Waals surface area contributed by atoms with Crippen molar-refractivity contribution in [3.63, 3.8) is 0 Å². The van der Waals surface area contributed by atoms with Crippen LogP contribution in [-0.4, -0.2) is 40.1 Å². The van der Waals surface area contributed by atoms with Crippen LogP contribution in [0, 0.1) is 0 Å². The number of rotatable bonds is 4. The Labute approximate surface area is 151 Å². The Morgan fingerprint density at radius 3 is 2.52 bits per heavy atom. The van der Waals surface area contributed by atoms with E-state index in [-0.39, 0.29) is 0 Å². The number of aromatic nitrogens is 3. The molecule has 0 atom stereocenters. The summed E-state index contributed by atoms with van der Waals surface area (Å²) in [5.41, 5.74) is 4.11. The lowest BCUT2D eigenvalue weighted by molar-refractivity contribution is 0.409. The van der Waals surface area contributed by atoms with Crippen LogP contribution in [0.1, 0.15) is 5.82 Å². The number of fused-ring (bicyclic) bond motifs is 3. The van der Waals surface area contributed by atoms with Gasteiger partial charge in [0.15, 0.2) is 5.65 Å². The molecule has 25 heavy (non-hydrogen) atoms. The predicted octanol–water partition coefficient (Wildman–Crippen LogP) is 4.31. The quantitative estimate of drug-likeness (QED) is 0.550. The van der Waals surface area contributed by atoms with Gasteiger partial charge in [0, 0.05) is 28.9 Å². The van der Waals surface area contributed by atoms with Gasteiger partial charge in [0.05, 0.1) is 5.52 Å². The summed E-state index contributed by atoms with van der Waals surface area (Å²) in [6.07, 6.45) is 0.844. The van der Waals surface area contributed by atoms with E-state index in [4.69, 9.17) is 11.6 Å². The molecule has 4 rings (SSSR count). The second-order valence-electron chi connectivity index (χ2n) is 6.42. The SMILES string of the molecule is CN(C)CCc1nnc2ccc3c(-c4ccccc4)c(Cl)ccc3n12. The summed E-state index contributed by atoms with van der Waals surface area (Å²) in [5.74, 6) is 0.968. The number of halogens is 1. The standard InChI is InChI=1S/C20H19ClN4/c1-24(2)13-12-19-23-22-18-11-8-15-17(25(18)19)10-9-16(21)20(15)14-6-4-3-5-7-14/h3-11H,12-13H2,1-2H3. The van der Waals surface area contributed by atoms with Gasteiger partial charge in [-0.2, -0.15) is 0 Å². The van der Waals surface area contributed by atoms with Gasteiger partial charge in [-0.25, -0.2) is 0 Å². The number of likely N-dealkylation sites (N-methyl/N-ethyl adjacent to an activating group) is 1. The number of nitrogens with zero attached hydrogens (tertiary/aromatic N) is 4. The lowest BCUT2D eigenvalue weighted by Crippen LogP contribution is -2.16. The molecule has 2 aromatic heterocycles. The molecule has 0 saturated carbocycles. The Balaban J connectivity index is 1.98. The molecule has 0 N–H and O–H groups in total. The highest BCUT2D eigenvalue weighted by molar-refractivity contribution is 6.35. The number of pyridine rings is 1. The van der Waals surface area contributed by atoms with E-state index in [9.17, 15) is 0 Å². The Morgan fingerprint density at radius 2 is 1.76 bits per heavy atom. The zero-order valence-corrected chi connectivity index (χ0v) is 15.0. The minimum atomic E-state index is 0.751. The molecule has 0 bridgehead atoms. The van der Waals surface area contributed by atoms with Crippen molar-refractivity contribution in [3.05, 3.63) is 65.4 Å². The van der Waals surface area contributed by atoms with Gasteiger partial charge >= 0.3 is 0 Å². The highest BCUT2D eigenvalue weighted by Gasteiger charge is 2.14. The van der Waals surface area contributed by atoms with Crippen LogP contribution in [0.3, 0.4) is 0 Å². The highest BCUT2D eigenvalue weighted by atomic mass is 35.5. The smallest absolute Gasteiger partial charge is 0.161 e. The molecule has 2 heterocycles. The molecule has 0 amide bonds. The molecule has 0 unspecified atom stereocenters. The first kappa shape index (κ1) is 16.1. The molecular weight excluding hydrogens is 332 g/mol. The summed E-state index contributed by atoms with van der Waals surface area (Å²) < 4.78 is 2.14. The van der Waals surface area contributed by atoms with Crippen molar-refractivity contribution in [1.29, 1.82) is 0 Å². The average molecular weight is 351 g/mol. The van der Waals surface area contributed by atoms with Crippen LogP contribution in [0.15, 0.2) is 54.6 Å². The highest BCUT2D eigenvalue weighted by Crippen LogP contribution is 2.35. The second-order valence-corrected chi connectivity index (χ2v) is 6.82. The molecule has 0 spiro atoms. The normalized spacial score (nSPS) is 11.7. The van der Waals surface area contributed by atoms with Crippen molar-refractivity contribution in [2.24, 2.45) is 0 Å². The average Bonchev–Trinajstić information content (AvgIpc) is 3.04. The van der Waals surface area contributed by atoms with E-state index in [2.05, 4.69) is 57.9 Å². The molecule has 2 aromatic carbocycles. The largest absolute Gasteiger partial charge is 0.309 e. The van der Waals surface area contributed by atoms with Crippen LogP contribution in [-0.2, 0) is 6.42 Å². The van der Waals surface area contributed by atoms with Gasteiger partial charge in [-0.15, -0.1) is 10.2 Å². The van der Waals surface area contributed by atoms with Crippen molar-refractivity contribution in [1.82, 2.24) is 19.5 Å². The number of hydrogen-bond acceptors (Lipinski definition) is 3. The van der Waals surface area contributed by atoms with Crippen molar-refractivity contribution in [3.8, 4) is 11.1 Å².